The molecule has 0 saturated carbocycles. The van der Waals surface area contributed by atoms with E-state index in [0.29, 0.717) is 5.75 Å². The van der Waals surface area contributed by atoms with Crippen LogP contribution in [0.25, 0.3) is 0 Å². The number of ether oxygens (including phenoxy) is 1. The second-order valence-electron chi connectivity index (χ2n) is 4.24. The molecule has 0 unspecified atom stereocenters. The number of nitrogens with zero attached hydrogens (tertiary/aromatic N) is 1. The van der Waals surface area contributed by atoms with Crippen molar-refractivity contribution in [2.75, 3.05) is 0 Å². The largest absolute Gasteiger partial charge is 0.476 e. The number of hydrogen-bond donors (Lipinski definition) is 1. The number of carboxylic acids is 1. The number of aromatic nitrogens is 1. The first-order valence-corrected chi connectivity index (χ1v) is 6.43. The second-order valence-corrected chi connectivity index (χ2v) is 5.16. The van der Waals surface area contributed by atoms with Crippen LogP contribution < -0.4 is 4.74 Å². The van der Waals surface area contributed by atoms with Crippen molar-refractivity contribution in [3.8, 4) is 11.8 Å². The van der Waals surface area contributed by atoms with Crippen LogP contribution in [-0.4, -0.2) is 16.1 Å². The van der Waals surface area contributed by atoms with Crippen LogP contribution in [0.5, 0.6) is 11.8 Å². The summed E-state index contributed by atoms with van der Waals surface area (Å²) in [5, 5.41) is 8.76. The fourth-order valence-electron chi connectivity index (χ4n) is 1.56. The molecular formula is C13H12BrNO4. The highest BCUT2D eigenvalue weighted by atomic mass is 79.9. The van der Waals surface area contributed by atoms with Crippen LogP contribution in [-0.2, 0) is 0 Å². The van der Waals surface area contributed by atoms with Gasteiger partial charge in [0.2, 0.25) is 0 Å². The maximum Gasteiger partial charge on any atom is 0.399 e. The van der Waals surface area contributed by atoms with E-state index in [-0.39, 0.29) is 17.7 Å². The molecule has 0 amide bonds. The molecule has 5 nitrogen and oxygen atoms in total. The first kappa shape index (κ1) is 13.6. The van der Waals surface area contributed by atoms with Gasteiger partial charge in [-0.25, -0.2) is 4.79 Å². The highest BCUT2D eigenvalue weighted by molar-refractivity contribution is 9.10. The van der Waals surface area contributed by atoms with Crippen molar-refractivity contribution in [3.63, 3.8) is 0 Å². The van der Waals surface area contributed by atoms with E-state index in [1.165, 1.54) is 0 Å². The second kappa shape index (κ2) is 5.44. The van der Waals surface area contributed by atoms with E-state index in [1.807, 2.05) is 26.0 Å². The smallest absolute Gasteiger partial charge is 0.399 e. The molecule has 1 aromatic carbocycles. The molecule has 19 heavy (non-hydrogen) atoms. The molecule has 2 rings (SSSR count). The van der Waals surface area contributed by atoms with Crippen molar-refractivity contribution in [1.82, 2.24) is 4.98 Å². The Balaban J connectivity index is 2.29. The Bertz CT molecular complexity index is 606. The van der Waals surface area contributed by atoms with E-state index in [2.05, 4.69) is 20.9 Å². The van der Waals surface area contributed by atoms with Crippen molar-refractivity contribution < 1.29 is 19.1 Å². The summed E-state index contributed by atoms with van der Waals surface area (Å²) in [5.41, 5.74) is 0.794. The van der Waals surface area contributed by atoms with E-state index in [1.54, 1.807) is 6.07 Å². The number of carbonyl (C=O) groups is 1. The summed E-state index contributed by atoms with van der Waals surface area (Å²) in [6.07, 6.45) is 0.965. The van der Waals surface area contributed by atoms with Crippen molar-refractivity contribution in [1.29, 1.82) is 0 Å². The zero-order valence-corrected chi connectivity index (χ0v) is 12.0. The molecule has 1 heterocycles. The first-order chi connectivity index (χ1) is 8.97. The number of rotatable bonds is 4. The molecule has 0 bridgehead atoms. The lowest BCUT2D eigenvalue weighted by atomic mass is 10.0. The standard InChI is InChI=1S/C13H12BrNO4/c1-7(2)9-5-8(14)3-4-11(9)19-13-15-10(6-18-13)12(16)17/h3-7H,1-2H3,(H,16,17). The summed E-state index contributed by atoms with van der Waals surface area (Å²) in [5.74, 6) is -0.308. The topological polar surface area (TPSA) is 72.6 Å². The van der Waals surface area contributed by atoms with E-state index in [9.17, 15) is 4.79 Å². The maximum atomic E-state index is 10.7. The molecule has 0 aliphatic heterocycles. The normalized spacial score (nSPS) is 10.7. The van der Waals surface area contributed by atoms with Gasteiger partial charge in [-0.1, -0.05) is 29.8 Å². The third-order valence-electron chi connectivity index (χ3n) is 2.49. The molecule has 2 aromatic rings. The van der Waals surface area contributed by atoms with Crippen LogP contribution in [0.4, 0.5) is 0 Å². The van der Waals surface area contributed by atoms with Gasteiger partial charge in [-0.15, -0.1) is 0 Å². The van der Waals surface area contributed by atoms with Gasteiger partial charge in [-0.05, 0) is 29.7 Å². The van der Waals surface area contributed by atoms with Gasteiger partial charge in [-0.2, -0.15) is 4.98 Å². The van der Waals surface area contributed by atoms with Gasteiger partial charge in [0.25, 0.3) is 0 Å². The summed E-state index contributed by atoms with van der Waals surface area (Å²) in [6.45, 7) is 4.07. The molecule has 0 atom stereocenters. The molecule has 0 spiro atoms. The Kier molecular flexibility index (Phi) is 3.90. The SMILES string of the molecule is CC(C)c1cc(Br)ccc1Oc1nc(C(=O)O)co1. The van der Waals surface area contributed by atoms with E-state index in [4.69, 9.17) is 14.3 Å². The van der Waals surface area contributed by atoms with Crippen LogP contribution in [0.15, 0.2) is 33.4 Å². The third-order valence-corrected chi connectivity index (χ3v) is 2.99. The number of oxazole rings is 1. The van der Waals surface area contributed by atoms with Crippen LogP contribution in [0.1, 0.15) is 35.8 Å². The van der Waals surface area contributed by atoms with Gasteiger partial charge in [0.1, 0.15) is 12.0 Å². The third kappa shape index (κ3) is 3.14. The lowest BCUT2D eigenvalue weighted by Gasteiger charge is -2.11. The number of carboxylic acid groups (broad SMARTS) is 1. The van der Waals surface area contributed by atoms with Gasteiger partial charge in [0.05, 0.1) is 0 Å². The van der Waals surface area contributed by atoms with Crippen molar-refractivity contribution in [2.45, 2.75) is 19.8 Å². The predicted octanol–water partition coefficient (Wildman–Crippen LogP) is 4.05. The molecule has 0 aliphatic carbocycles. The Morgan fingerprint density at radius 3 is 2.79 bits per heavy atom. The quantitative estimate of drug-likeness (QED) is 0.917. The molecule has 6 heteroatoms. The Morgan fingerprint density at radius 2 is 2.21 bits per heavy atom. The minimum absolute atomic E-state index is 0.0818. The van der Waals surface area contributed by atoms with E-state index >= 15 is 0 Å². The van der Waals surface area contributed by atoms with E-state index in [0.717, 1.165) is 16.3 Å². The zero-order valence-electron chi connectivity index (χ0n) is 10.4. The average Bonchev–Trinajstić information content (AvgIpc) is 2.80. The van der Waals surface area contributed by atoms with Crippen molar-refractivity contribution >= 4 is 21.9 Å². The van der Waals surface area contributed by atoms with Gasteiger partial charge in [-0.3, -0.25) is 0 Å². The van der Waals surface area contributed by atoms with Crippen LogP contribution in [0.2, 0.25) is 0 Å². The van der Waals surface area contributed by atoms with E-state index < -0.39 is 5.97 Å². The number of halogens is 1. The van der Waals surface area contributed by atoms with Gasteiger partial charge in [0, 0.05) is 4.47 Å². The van der Waals surface area contributed by atoms with Gasteiger partial charge < -0.3 is 14.3 Å². The Hall–Kier alpha value is -1.82. The average molecular weight is 326 g/mol. The summed E-state index contributed by atoms with van der Waals surface area (Å²) in [4.78, 5) is 14.4. The molecular weight excluding hydrogens is 314 g/mol. The monoisotopic (exact) mass is 325 g/mol. The summed E-state index contributed by atoms with van der Waals surface area (Å²) >= 11 is 3.40. The maximum absolute atomic E-state index is 10.7. The Morgan fingerprint density at radius 1 is 1.47 bits per heavy atom. The molecule has 0 aliphatic rings. The number of aromatic carboxylic acids is 1. The molecule has 100 valence electrons. The summed E-state index contributed by atoms with van der Waals surface area (Å²) in [7, 11) is 0. The summed E-state index contributed by atoms with van der Waals surface area (Å²) in [6, 6.07) is 5.56. The fourth-order valence-corrected chi connectivity index (χ4v) is 1.94. The Labute approximate surface area is 118 Å². The molecule has 0 saturated heterocycles. The highest BCUT2D eigenvalue weighted by Gasteiger charge is 2.15. The van der Waals surface area contributed by atoms with Crippen molar-refractivity contribution in [2.24, 2.45) is 0 Å². The van der Waals surface area contributed by atoms with Crippen LogP contribution in [0, 0.1) is 0 Å². The minimum Gasteiger partial charge on any atom is -0.476 e. The van der Waals surface area contributed by atoms with Crippen LogP contribution in [0.3, 0.4) is 0 Å². The molecule has 1 N–H and O–H groups in total. The number of hydrogen-bond acceptors (Lipinski definition) is 4. The highest BCUT2D eigenvalue weighted by Crippen LogP contribution is 2.32. The number of benzene rings is 1. The minimum atomic E-state index is -1.15. The molecule has 1 aromatic heterocycles. The van der Waals surface area contributed by atoms with Crippen LogP contribution >= 0.6 is 15.9 Å². The summed E-state index contributed by atoms with van der Waals surface area (Å²) < 4.78 is 11.4. The molecule has 0 fully saturated rings. The zero-order chi connectivity index (χ0) is 14.0. The molecule has 0 radical (unpaired) electrons. The lowest BCUT2D eigenvalue weighted by molar-refractivity contribution is 0.0690. The fraction of sp³-hybridized carbons (Fsp3) is 0.231. The van der Waals surface area contributed by atoms with Gasteiger partial charge in [0.15, 0.2) is 5.69 Å². The van der Waals surface area contributed by atoms with Crippen molar-refractivity contribution in [3.05, 3.63) is 40.2 Å². The predicted molar refractivity (Wildman–Crippen MR) is 71.8 cm³/mol. The lowest BCUT2D eigenvalue weighted by Crippen LogP contribution is -1.97. The van der Waals surface area contributed by atoms with Gasteiger partial charge >= 0.3 is 12.0 Å². The first-order valence-electron chi connectivity index (χ1n) is 5.63.